The van der Waals surface area contributed by atoms with Gasteiger partial charge in [-0.1, -0.05) is 54.9 Å². The summed E-state index contributed by atoms with van der Waals surface area (Å²) in [5.74, 6) is -0.0188. The number of amides is 3. The highest BCUT2D eigenvalue weighted by atomic mass is 35.5. The summed E-state index contributed by atoms with van der Waals surface area (Å²) in [6, 6.07) is 18.7. The molecule has 1 aliphatic heterocycles. The van der Waals surface area contributed by atoms with Crippen molar-refractivity contribution in [2.24, 2.45) is 0 Å². The van der Waals surface area contributed by atoms with Crippen molar-refractivity contribution in [3.05, 3.63) is 94.3 Å². The first-order valence-electron chi connectivity index (χ1n) is 11.0. The highest BCUT2D eigenvalue weighted by Crippen LogP contribution is 2.31. The molecule has 176 valence electrons. The van der Waals surface area contributed by atoms with Gasteiger partial charge in [0, 0.05) is 35.9 Å². The van der Waals surface area contributed by atoms with Gasteiger partial charge < -0.3 is 20.3 Å². The first-order chi connectivity index (χ1) is 16.4. The molecule has 1 aliphatic rings. The first kappa shape index (κ1) is 23.6. The number of carbonyl (C=O) groups is 2. The van der Waals surface area contributed by atoms with E-state index in [4.69, 9.17) is 16.3 Å². The van der Waals surface area contributed by atoms with Gasteiger partial charge in [0.05, 0.1) is 0 Å². The Labute approximate surface area is 202 Å². The van der Waals surface area contributed by atoms with E-state index in [9.17, 15) is 14.0 Å². The minimum absolute atomic E-state index is 0.172. The Bertz CT molecular complexity index is 1190. The summed E-state index contributed by atoms with van der Waals surface area (Å²) in [6.07, 6.45) is -0.151. The van der Waals surface area contributed by atoms with Gasteiger partial charge in [-0.3, -0.25) is 4.79 Å². The van der Waals surface area contributed by atoms with E-state index in [0.717, 1.165) is 11.1 Å². The standard InChI is InChI=1S/C26H25ClFN3O3/c1-2-23-25(32)31(15-18-8-9-20(28)13-22(18)27)16-19-12-21(10-11-24(19)34-23)30-26(33)29-14-17-6-4-3-5-7-17/h3-13,23H,2,14-16H2,1H3,(H2,29,30,33). The molecular weight excluding hydrogens is 457 g/mol. The van der Waals surface area contributed by atoms with Crippen molar-refractivity contribution in [1.82, 2.24) is 10.2 Å². The fourth-order valence-corrected chi connectivity index (χ4v) is 4.01. The van der Waals surface area contributed by atoms with Gasteiger partial charge >= 0.3 is 6.03 Å². The van der Waals surface area contributed by atoms with Gasteiger partial charge in [-0.2, -0.15) is 0 Å². The minimum atomic E-state index is -0.645. The van der Waals surface area contributed by atoms with E-state index in [-0.39, 0.29) is 30.1 Å². The van der Waals surface area contributed by atoms with Crippen LogP contribution in [-0.2, 0) is 24.4 Å². The SMILES string of the molecule is CCC1Oc2ccc(NC(=O)NCc3ccccc3)cc2CN(Cc2ccc(F)cc2Cl)C1=O. The van der Waals surface area contributed by atoms with Crippen LogP contribution >= 0.6 is 11.6 Å². The molecule has 0 saturated heterocycles. The molecule has 1 heterocycles. The van der Waals surface area contributed by atoms with Crippen LogP contribution in [-0.4, -0.2) is 22.9 Å². The number of benzene rings is 3. The molecular formula is C26H25ClFN3O3. The van der Waals surface area contributed by atoms with E-state index in [1.165, 1.54) is 12.1 Å². The quantitative estimate of drug-likeness (QED) is 0.488. The fraction of sp³-hybridized carbons (Fsp3) is 0.231. The highest BCUT2D eigenvalue weighted by Gasteiger charge is 2.30. The van der Waals surface area contributed by atoms with Crippen molar-refractivity contribution in [2.45, 2.75) is 39.1 Å². The molecule has 6 nitrogen and oxygen atoms in total. The second-order valence-corrected chi connectivity index (χ2v) is 8.47. The Hall–Kier alpha value is -3.58. The number of hydrogen-bond donors (Lipinski definition) is 2. The zero-order valence-electron chi connectivity index (χ0n) is 18.7. The molecule has 0 aliphatic carbocycles. The molecule has 1 atom stereocenters. The topological polar surface area (TPSA) is 70.7 Å². The molecule has 0 saturated carbocycles. The van der Waals surface area contributed by atoms with Gasteiger partial charge in [0.25, 0.3) is 5.91 Å². The van der Waals surface area contributed by atoms with Crippen molar-refractivity contribution in [2.75, 3.05) is 5.32 Å². The van der Waals surface area contributed by atoms with Crippen molar-refractivity contribution >= 4 is 29.2 Å². The molecule has 1 unspecified atom stereocenters. The van der Waals surface area contributed by atoms with E-state index >= 15 is 0 Å². The van der Waals surface area contributed by atoms with E-state index < -0.39 is 11.9 Å². The molecule has 0 spiro atoms. The maximum absolute atomic E-state index is 13.5. The summed E-state index contributed by atoms with van der Waals surface area (Å²) in [7, 11) is 0. The Morgan fingerprint density at radius 1 is 1.15 bits per heavy atom. The Morgan fingerprint density at radius 3 is 2.68 bits per heavy atom. The number of anilines is 1. The van der Waals surface area contributed by atoms with Gasteiger partial charge in [-0.05, 0) is 47.9 Å². The lowest BCUT2D eigenvalue weighted by atomic mass is 10.1. The molecule has 0 aromatic heterocycles. The van der Waals surface area contributed by atoms with Crippen molar-refractivity contribution < 1.29 is 18.7 Å². The van der Waals surface area contributed by atoms with Crippen LogP contribution in [0.15, 0.2) is 66.7 Å². The van der Waals surface area contributed by atoms with Crippen molar-refractivity contribution in [3.8, 4) is 5.75 Å². The van der Waals surface area contributed by atoms with E-state index in [1.807, 2.05) is 37.3 Å². The van der Waals surface area contributed by atoms with Crippen LogP contribution < -0.4 is 15.4 Å². The molecule has 3 aromatic rings. The largest absolute Gasteiger partial charge is 0.480 e. The van der Waals surface area contributed by atoms with Crippen LogP contribution in [0.3, 0.4) is 0 Å². The maximum atomic E-state index is 13.5. The van der Waals surface area contributed by atoms with Crippen LogP contribution in [0.2, 0.25) is 5.02 Å². The highest BCUT2D eigenvalue weighted by molar-refractivity contribution is 6.31. The second-order valence-electron chi connectivity index (χ2n) is 8.06. The normalized spacial score (nSPS) is 15.2. The fourth-order valence-electron chi connectivity index (χ4n) is 3.79. The van der Waals surface area contributed by atoms with E-state index in [2.05, 4.69) is 10.6 Å². The van der Waals surface area contributed by atoms with Crippen LogP contribution in [0.5, 0.6) is 5.75 Å². The van der Waals surface area contributed by atoms with Gasteiger partial charge in [0.1, 0.15) is 11.6 Å². The number of fused-ring (bicyclic) bond motifs is 1. The molecule has 0 bridgehead atoms. The molecule has 0 fully saturated rings. The second kappa shape index (κ2) is 10.6. The Kier molecular flexibility index (Phi) is 7.33. The molecule has 34 heavy (non-hydrogen) atoms. The first-order valence-corrected chi connectivity index (χ1v) is 11.4. The lowest BCUT2D eigenvalue weighted by Crippen LogP contribution is -2.38. The third-order valence-corrected chi connectivity index (χ3v) is 5.93. The van der Waals surface area contributed by atoms with Crippen molar-refractivity contribution in [3.63, 3.8) is 0 Å². The Balaban J connectivity index is 1.50. The maximum Gasteiger partial charge on any atom is 0.319 e. The average Bonchev–Trinajstić information content (AvgIpc) is 2.96. The number of carbonyl (C=O) groups excluding carboxylic acids is 2. The molecule has 2 N–H and O–H groups in total. The third-order valence-electron chi connectivity index (χ3n) is 5.58. The predicted molar refractivity (Wildman–Crippen MR) is 129 cm³/mol. The molecule has 0 radical (unpaired) electrons. The van der Waals surface area contributed by atoms with Gasteiger partial charge in [0.15, 0.2) is 6.10 Å². The summed E-state index contributed by atoms with van der Waals surface area (Å²) in [5, 5.41) is 5.91. The summed E-state index contributed by atoms with van der Waals surface area (Å²) in [5.41, 5.74) is 2.97. The van der Waals surface area contributed by atoms with Gasteiger partial charge in [0.2, 0.25) is 0 Å². The number of nitrogens with one attached hydrogen (secondary N) is 2. The molecule has 3 aromatic carbocycles. The monoisotopic (exact) mass is 481 g/mol. The number of nitrogens with zero attached hydrogens (tertiary/aromatic N) is 1. The zero-order valence-corrected chi connectivity index (χ0v) is 19.4. The van der Waals surface area contributed by atoms with E-state index in [0.29, 0.717) is 30.0 Å². The lowest BCUT2D eigenvalue weighted by Gasteiger charge is -2.23. The lowest BCUT2D eigenvalue weighted by molar-refractivity contribution is -0.139. The average molecular weight is 482 g/mol. The summed E-state index contributed by atoms with van der Waals surface area (Å²) < 4.78 is 19.4. The summed E-state index contributed by atoms with van der Waals surface area (Å²) in [4.78, 5) is 27.1. The molecule has 8 heteroatoms. The summed E-state index contributed by atoms with van der Waals surface area (Å²) in [6.45, 7) is 2.76. The number of hydrogen-bond acceptors (Lipinski definition) is 3. The molecule has 4 rings (SSSR count). The van der Waals surface area contributed by atoms with Crippen LogP contribution in [0, 0.1) is 5.82 Å². The number of halogens is 2. The van der Waals surface area contributed by atoms with Crippen LogP contribution in [0.25, 0.3) is 0 Å². The minimum Gasteiger partial charge on any atom is -0.480 e. The number of rotatable bonds is 6. The smallest absolute Gasteiger partial charge is 0.319 e. The van der Waals surface area contributed by atoms with Gasteiger partial charge in [-0.15, -0.1) is 0 Å². The Morgan fingerprint density at radius 2 is 1.94 bits per heavy atom. The third kappa shape index (κ3) is 5.66. The van der Waals surface area contributed by atoms with Crippen LogP contribution in [0.4, 0.5) is 14.9 Å². The number of ether oxygens (including phenoxy) is 1. The zero-order chi connectivity index (χ0) is 24.1. The summed E-state index contributed by atoms with van der Waals surface area (Å²) >= 11 is 6.20. The number of urea groups is 1. The van der Waals surface area contributed by atoms with Crippen LogP contribution in [0.1, 0.15) is 30.0 Å². The molecule has 3 amide bonds. The van der Waals surface area contributed by atoms with E-state index in [1.54, 1.807) is 29.2 Å². The van der Waals surface area contributed by atoms with Crippen molar-refractivity contribution in [1.29, 1.82) is 0 Å². The van der Waals surface area contributed by atoms with Gasteiger partial charge in [-0.25, -0.2) is 9.18 Å². The predicted octanol–water partition coefficient (Wildman–Crippen LogP) is 5.50.